The maximum Gasteiger partial charge on any atom is 0.229 e. The largest absolute Gasteiger partial charge is 0.495 e. The first kappa shape index (κ1) is 18.8. The van der Waals surface area contributed by atoms with Crippen LogP contribution in [0.15, 0.2) is 54.7 Å². The van der Waals surface area contributed by atoms with Crippen LogP contribution in [0.4, 0.5) is 17.5 Å². The number of anilines is 3. The Bertz CT molecular complexity index is 1140. The third kappa shape index (κ3) is 4.32. The Morgan fingerprint density at radius 2 is 1.90 bits per heavy atom. The molecule has 2 aromatic heterocycles. The number of nitrogens with zero attached hydrogens (tertiary/aromatic N) is 2. The van der Waals surface area contributed by atoms with Crippen molar-refractivity contribution in [3.8, 4) is 5.75 Å². The van der Waals surface area contributed by atoms with E-state index in [9.17, 15) is 0 Å². The second-order valence-electron chi connectivity index (χ2n) is 7.08. The average Bonchev–Trinajstić information content (AvgIpc) is 3.11. The van der Waals surface area contributed by atoms with Crippen LogP contribution in [0.2, 0.25) is 0 Å². The zero-order valence-corrected chi connectivity index (χ0v) is 16.9. The van der Waals surface area contributed by atoms with Crippen molar-refractivity contribution in [3.63, 3.8) is 0 Å². The molecular weight excluding hydrogens is 362 g/mol. The van der Waals surface area contributed by atoms with Crippen molar-refractivity contribution < 1.29 is 4.74 Å². The van der Waals surface area contributed by atoms with Gasteiger partial charge in [-0.15, -0.1) is 0 Å². The number of aryl methyl sites for hydroxylation is 2. The Kier molecular flexibility index (Phi) is 5.33. The molecule has 0 bridgehead atoms. The summed E-state index contributed by atoms with van der Waals surface area (Å²) < 4.78 is 5.44. The highest BCUT2D eigenvalue weighted by Gasteiger charge is 2.08. The lowest BCUT2D eigenvalue weighted by atomic mass is 10.1. The molecule has 0 aliphatic rings. The molecule has 29 heavy (non-hydrogen) atoms. The molecule has 0 aliphatic heterocycles. The van der Waals surface area contributed by atoms with Crippen LogP contribution in [0.1, 0.15) is 16.8 Å². The van der Waals surface area contributed by atoms with Crippen LogP contribution in [0.3, 0.4) is 0 Å². The summed E-state index contributed by atoms with van der Waals surface area (Å²) in [6.07, 6.45) is 2.98. The van der Waals surface area contributed by atoms with Crippen molar-refractivity contribution in [1.82, 2.24) is 15.0 Å². The lowest BCUT2D eigenvalue weighted by Crippen LogP contribution is -2.09. The molecule has 0 saturated carbocycles. The van der Waals surface area contributed by atoms with E-state index in [1.165, 1.54) is 16.5 Å². The molecule has 0 unspecified atom stereocenters. The molecule has 2 heterocycles. The lowest BCUT2D eigenvalue weighted by Gasteiger charge is -2.13. The van der Waals surface area contributed by atoms with E-state index in [0.29, 0.717) is 5.95 Å². The minimum atomic E-state index is 0.545. The number of fused-ring (bicyclic) bond motifs is 1. The highest BCUT2D eigenvalue weighted by Crippen LogP contribution is 2.28. The monoisotopic (exact) mass is 387 g/mol. The number of hydrogen-bond acceptors (Lipinski definition) is 5. The van der Waals surface area contributed by atoms with Crippen molar-refractivity contribution in [2.45, 2.75) is 20.3 Å². The number of benzene rings is 2. The van der Waals surface area contributed by atoms with E-state index >= 15 is 0 Å². The van der Waals surface area contributed by atoms with E-state index < -0.39 is 0 Å². The Labute approximate surface area is 170 Å². The number of para-hydroxylation sites is 1. The van der Waals surface area contributed by atoms with Gasteiger partial charge in [0, 0.05) is 35.4 Å². The number of aromatic amines is 1. The summed E-state index contributed by atoms with van der Waals surface area (Å²) in [5, 5.41) is 7.97. The zero-order valence-electron chi connectivity index (χ0n) is 16.9. The molecule has 0 atom stereocenters. The van der Waals surface area contributed by atoms with Gasteiger partial charge in [-0.1, -0.05) is 24.3 Å². The van der Waals surface area contributed by atoms with Crippen LogP contribution in [0.5, 0.6) is 5.75 Å². The highest BCUT2D eigenvalue weighted by molar-refractivity contribution is 5.83. The standard InChI is InChI=1S/C23H25N5O/c1-15-8-9-21(29-3)20(12-15)27-23-26-16(2)13-22(28-23)24-11-10-17-14-25-19-7-5-4-6-18(17)19/h4-9,12-14,25H,10-11H2,1-3H3,(H2,24,26,27,28). The van der Waals surface area contributed by atoms with Gasteiger partial charge >= 0.3 is 0 Å². The van der Waals surface area contributed by atoms with Gasteiger partial charge in [-0.3, -0.25) is 0 Å². The van der Waals surface area contributed by atoms with Crippen molar-refractivity contribution in [3.05, 3.63) is 71.5 Å². The fraction of sp³-hybridized carbons (Fsp3) is 0.217. The topological polar surface area (TPSA) is 74.9 Å². The minimum absolute atomic E-state index is 0.545. The SMILES string of the molecule is COc1ccc(C)cc1Nc1nc(C)cc(NCCc2c[nH]c3ccccc23)n1. The van der Waals surface area contributed by atoms with Gasteiger partial charge in [-0.25, -0.2) is 4.98 Å². The zero-order chi connectivity index (χ0) is 20.2. The van der Waals surface area contributed by atoms with Crippen molar-refractivity contribution >= 4 is 28.4 Å². The number of nitrogens with one attached hydrogen (secondary N) is 3. The smallest absolute Gasteiger partial charge is 0.229 e. The molecule has 148 valence electrons. The highest BCUT2D eigenvalue weighted by atomic mass is 16.5. The van der Waals surface area contributed by atoms with Gasteiger partial charge in [0.15, 0.2) is 0 Å². The summed E-state index contributed by atoms with van der Waals surface area (Å²) in [6.45, 7) is 4.79. The van der Waals surface area contributed by atoms with E-state index in [2.05, 4.69) is 50.0 Å². The number of ether oxygens (including phenoxy) is 1. The molecule has 2 aromatic carbocycles. The minimum Gasteiger partial charge on any atom is -0.495 e. The normalized spacial score (nSPS) is 10.9. The van der Waals surface area contributed by atoms with Gasteiger partial charge in [0.05, 0.1) is 12.8 Å². The fourth-order valence-electron chi connectivity index (χ4n) is 3.42. The van der Waals surface area contributed by atoms with E-state index in [1.807, 2.05) is 44.2 Å². The van der Waals surface area contributed by atoms with Crippen LogP contribution in [0.25, 0.3) is 10.9 Å². The third-order valence-electron chi connectivity index (χ3n) is 4.83. The molecule has 0 fully saturated rings. The van der Waals surface area contributed by atoms with Crippen LogP contribution >= 0.6 is 0 Å². The van der Waals surface area contributed by atoms with E-state index in [-0.39, 0.29) is 0 Å². The fourth-order valence-corrected chi connectivity index (χ4v) is 3.42. The third-order valence-corrected chi connectivity index (χ3v) is 4.83. The molecule has 4 rings (SSSR count). The van der Waals surface area contributed by atoms with Crippen LogP contribution in [-0.2, 0) is 6.42 Å². The molecule has 6 heteroatoms. The first-order valence-corrected chi connectivity index (χ1v) is 9.68. The van der Waals surface area contributed by atoms with Gasteiger partial charge in [-0.2, -0.15) is 4.98 Å². The number of hydrogen-bond donors (Lipinski definition) is 3. The molecular formula is C23H25N5O. The maximum absolute atomic E-state index is 5.44. The van der Waals surface area contributed by atoms with Gasteiger partial charge in [-0.05, 0) is 49.6 Å². The quantitative estimate of drug-likeness (QED) is 0.417. The number of H-pyrrole nitrogens is 1. The van der Waals surface area contributed by atoms with Gasteiger partial charge in [0.1, 0.15) is 11.6 Å². The van der Waals surface area contributed by atoms with Crippen LogP contribution in [-0.4, -0.2) is 28.6 Å². The molecule has 0 aliphatic carbocycles. The Hall–Kier alpha value is -3.54. The number of rotatable bonds is 7. The van der Waals surface area contributed by atoms with E-state index in [1.54, 1.807) is 7.11 Å². The summed E-state index contributed by atoms with van der Waals surface area (Å²) in [6, 6.07) is 16.3. The van der Waals surface area contributed by atoms with Gasteiger partial charge < -0.3 is 20.4 Å². The molecule has 4 aromatic rings. The molecule has 0 amide bonds. The van der Waals surface area contributed by atoms with Gasteiger partial charge in [0.2, 0.25) is 5.95 Å². The van der Waals surface area contributed by atoms with Crippen molar-refractivity contribution in [2.75, 3.05) is 24.3 Å². The maximum atomic E-state index is 5.44. The predicted octanol–water partition coefficient (Wildman–Crippen LogP) is 4.98. The van der Waals surface area contributed by atoms with Crippen molar-refractivity contribution in [1.29, 1.82) is 0 Å². The Balaban J connectivity index is 1.46. The molecule has 0 spiro atoms. The van der Waals surface area contributed by atoms with Gasteiger partial charge in [0.25, 0.3) is 0 Å². The predicted molar refractivity (Wildman–Crippen MR) is 118 cm³/mol. The number of aromatic nitrogens is 3. The Morgan fingerprint density at radius 3 is 2.76 bits per heavy atom. The summed E-state index contributed by atoms with van der Waals surface area (Å²) in [4.78, 5) is 12.5. The average molecular weight is 387 g/mol. The second-order valence-corrected chi connectivity index (χ2v) is 7.08. The molecule has 6 nitrogen and oxygen atoms in total. The summed E-state index contributed by atoms with van der Waals surface area (Å²) >= 11 is 0. The lowest BCUT2D eigenvalue weighted by molar-refractivity contribution is 0.416. The van der Waals surface area contributed by atoms with E-state index in [0.717, 1.165) is 41.5 Å². The second kappa shape index (κ2) is 8.22. The van der Waals surface area contributed by atoms with E-state index in [4.69, 9.17) is 4.74 Å². The summed E-state index contributed by atoms with van der Waals surface area (Å²) in [5.41, 5.74) is 5.34. The van der Waals surface area contributed by atoms with Crippen LogP contribution < -0.4 is 15.4 Å². The van der Waals surface area contributed by atoms with Crippen LogP contribution in [0, 0.1) is 13.8 Å². The first-order chi connectivity index (χ1) is 14.1. The molecule has 3 N–H and O–H groups in total. The summed E-state index contributed by atoms with van der Waals surface area (Å²) in [5.74, 6) is 2.10. The molecule has 0 saturated heterocycles. The summed E-state index contributed by atoms with van der Waals surface area (Å²) in [7, 11) is 1.66. The number of methoxy groups -OCH3 is 1. The Morgan fingerprint density at radius 1 is 1.03 bits per heavy atom. The first-order valence-electron chi connectivity index (χ1n) is 9.68. The molecule has 0 radical (unpaired) electrons. The van der Waals surface area contributed by atoms with Crippen molar-refractivity contribution in [2.24, 2.45) is 0 Å².